The fraction of sp³-hybridized carbons (Fsp3) is 0.192. The molecule has 31 heavy (non-hydrogen) atoms. The summed E-state index contributed by atoms with van der Waals surface area (Å²) in [5, 5.41) is 0.945. The standard InChI is InChI=1S/C26H25NO3S/c1-27(2)15-16-30-20-11-9-18(10-12-20)25(28)24-22-14-13-21(29-3)17-23(22)31-26(24)19-7-5-4-6-8-19/h4-14,17H,15-16H2,1-3H3. The summed E-state index contributed by atoms with van der Waals surface area (Å²) in [6.45, 7) is 1.45. The number of hydrogen-bond acceptors (Lipinski definition) is 5. The van der Waals surface area contributed by atoms with Gasteiger partial charge in [0.25, 0.3) is 0 Å². The quantitative estimate of drug-likeness (QED) is 0.333. The van der Waals surface area contributed by atoms with Gasteiger partial charge >= 0.3 is 0 Å². The predicted molar refractivity (Wildman–Crippen MR) is 128 cm³/mol. The lowest BCUT2D eigenvalue weighted by Crippen LogP contribution is -2.19. The third-order valence-corrected chi connectivity index (χ3v) is 6.29. The summed E-state index contributed by atoms with van der Waals surface area (Å²) in [4.78, 5) is 16.7. The molecule has 0 fully saturated rings. The number of thiophene rings is 1. The van der Waals surface area contributed by atoms with Gasteiger partial charge in [-0.05, 0) is 62.1 Å². The molecule has 0 aliphatic rings. The summed E-state index contributed by atoms with van der Waals surface area (Å²) in [7, 11) is 5.67. The molecule has 1 aromatic heterocycles. The highest BCUT2D eigenvalue weighted by Crippen LogP contribution is 2.41. The fourth-order valence-electron chi connectivity index (χ4n) is 3.42. The molecule has 4 rings (SSSR count). The molecule has 0 amide bonds. The molecule has 0 bridgehead atoms. The molecule has 1 heterocycles. The Hall–Kier alpha value is -3.15. The van der Waals surface area contributed by atoms with Crippen molar-refractivity contribution in [2.75, 3.05) is 34.4 Å². The van der Waals surface area contributed by atoms with E-state index in [4.69, 9.17) is 9.47 Å². The summed E-state index contributed by atoms with van der Waals surface area (Å²) in [6.07, 6.45) is 0. The Morgan fingerprint density at radius 3 is 2.32 bits per heavy atom. The zero-order valence-electron chi connectivity index (χ0n) is 17.9. The maximum Gasteiger partial charge on any atom is 0.195 e. The van der Waals surface area contributed by atoms with Gasteiger partial charge in [-0.25, -0.2) is 0 Å². The number of rotatable bonds is 8. The van der Waals surface area contributed by atoms with Crippen LogP contribution in [0, 0.1) is 0 Å². The van der Waals surface area contributed by atoms with Crippen molar-refractivity contribution >= 4 is 27.2 Å². The molecule has 0 spiro atoms. The molecule has 4 nitrogen and oxygen atoms in total. The molecule has 0 N–H and O–H groups in total. The zero-order chi connectivity index (χ0) is 21.8. The van der Waals surface area contributed by atoms with Gasteiger partial charge in [0, 0.05) is 32.6 Å². The molecule has 3 aromatic carbocycles. The molecule has 4 aromatic rings. The summed E-state index contributed by atoms with van der Waals surface area (Å²) >= 11 is 1.62. The zero-order valence-corrected chi connectivity index (χ0v) is 18.7. The monoisotopic (exact) mass is 431 g/mol. The molecule has 0 atom stereocenters. The first-order chi connectivity index (χ1) is 15.1. The minimum Gasteiger partial charge on any atom is -0.497 e. The first-order valence-corrected chi connectivity index (χ1v) is 11.0. The first-order valence-electron chi connectivity index (χ1n) is 10.1. The second-order valence-electron chi connectivity index (χ2n) is 7.54. The van der Waals surface area contributed by atoms with Crippen molar-refractivity contribution in [2.45, 2.75) is 0 Å². The number of nitrogens with zero attached hydrogens (tertiary/aromatic N) is 1. The molecule has 0 saturated heterocycles. The Kier molecular flexibility index (Phi) is 6.35. The van der Waals surface area contributed by atoms with Gasteiger partial charge in [0.05, 0.1) is 7.11 Å². The van der Waals surface area contributed by atoms with E-state index < -0.39 is 0 Å². The van der Waals surface area contributed by atoms with Crippen molar-refractivity contribution in [3.63, 3.8) is 0 Å². The molecule has 0 aliphatic heterocycles. The van der Waals surface area contributed by atoms with E-state index in [2.05, 4.69) is 4.90 Å². The molecule has 158 valence electrons. The van der Waals surface area contributed by atoms with E-state index in [1.807, 2.05) is 86.9 Å². The summed E-state index contributed by atoms with van der Waals surface area (Å²) < 4.78 is 12.2. The van der Waals surface area contributed by atoms with Gasteiger partial charge in [0.2, 0.25) is 0 Å². The van der Waals surface area contributed by atoms with Gasteiger partial charge in [-0.15, -0.1) is 11.3 Å². The lowest BCUT2D eigenvalue weighted by Gasteiger charge is -2.11. The highest BCUT2D eigenvalue weighted by atomic mass is 32.1. The second-order valence-corrected chi connectivity index (χ2v) is 8.59. The fourth-order valence-corrected chi connectivity index (χ4v) is 4.65. The van der Waals surface area contributed by atoms with E-state index in [-0.39, 0.29) is 5.78 Å². The number of carbonyl (C=O) groups is 1. The maximum absolute atomic E-state index is 13.6. The molecule has 0 aliphatic carbocycles. The van der Waals surface area contributed by atoms with Crippen LogP contribution in [0.2, 0.25) is 0 Å². The average molecular weight is 432 g/mol. The van der Waals surface area contributed by atoms with Crippen LogP contribution < -0.4 is 9.47 Å². The van der Waals surface area contributed by atoms with E-state index in [0.29, 0.717) is 12.2 Å². The van der Waals surface area contributed by atoms with Crippen molar-refractivity contribution < 1.29 is 14.3 Å². The van der Waals surface area contributed by atoms with Crippen LogP contribution in [0.25, 0.3) is 20.5 Å². The Labute approximate surface area is 186 Å². The second kappa shape index (κ2) is 9.33. The average Bonchev–Trinajstić information content (AvgIpc) is 3.18. The SMILES string of the molecule is COc1ccc2c(C(=O)c3ccc(OCCN(C)C)cc3)c(-c3ccccc3)sc2c1. The Bertz CT molecular complexity index is 1180. The Morgan fingerprint density at radius 1 is 0.935 bits per heavy atom. The number of carbonyl (C=O) groups excluding carboxylic acids is 1. The topological polar surface area (TPSA) is 38.8 Å². The maximum atomic E-state index is 13.6. The highest BCUT2D eigenvalue weighted by Gasteiger charge is 2.22. The molecular formula is C26H25NO3S. The van der Waals surface area contributed by atoms with Crippen LogP contribution in [-0.4, -0.2) is 45.0 Å². The minimum absolute atomic E-state index is 0.00936. The Morgan fingerprint density at radius 2 is 1.65 bits per heavy atom. The Balaban J connectivity index is 1.71. The molecular weight excluding hydrogens is 406 g/mol. The van der Waals surface area contributed by atoms with Crippen molar-refractivity contribution in [2.24, 2.45) is 0 Å². The lowest BCUT2D eigenvalue weighted by molar-refractivity contribution is 0.104. The van der Waals surface area contributed by atoms with Gasteiger partial charge in [-0.2, -0.15) is 0 Å². The van der Waals surface area contributed by atoms with Crippen molar-refractivity contribution in [1.82, 2.24) is 4.90 Å². The number of fused-ring (bicyclic) bond motifs is 1. The molecule has 0 radical (unpaired) electrons. The van der Waals surface area contributed by atoms with Crippen molar-refractivity contribution in [3.8, 4) is 21.9 Å². The molecule has 0 saturated carbocycles. The van der Waals surface area contributed by atoms with Crippen LogP contribution in [0.3, 0.4) is 0 Å². The van der Waals surface area contributed by atoms with Gasteiger partial charge in [-0.1, -0.05) is 30.3 Å². The van der Waals surface area contributed by atoms with Gasteiger partial charge < -0.3 is 14.4 Å². The van der Waals surface area contributed by atoms with Crippen molar-refractivity contribution in [3.05, 3.63) is 83.9 Å². The summed E-state index contributed by atoms with van der Waals surface area (Å²) in [6, 6.07) is 23.3. The summed E-state index contributed by atoms with van der Waals surface area (Å²) in [5.74, 6) is 1.56. The van der Waals surface area contributed by atoms with E-state index >= 15 is 0 Å². The molecule has 0 unspecified atom stereocenters. The number of hydrogen-bond donors (Lipinski definition) is 0. The van der Waals surface area contributed by atoms with E-state index in [1.54, 1.807) is 18.4 Å². The number of methoxy groups -OCH3 is 1. The number of likely N-dealkylation sites (N-methyl/N-ethyl adjacent to an activating group) is 1. The van der Waals surface area contributed by atoms with E-state index in [1.165, 1.54) is 0 Å². The van der Waals surface area contributed by atoms with Gasteiger partial charge in [0.1, 0.15) is 18.1 Å². The summed E-state index contributed by atoms with van der Waals surface area (Å²) in [5.41, 5.74) is 2.41. The highest BCUT2D eigenvalue weighted by molar-refractivity contribution is 7.22. The van der Waals surface area contributed by atoms with E-state index in [0.717, 1.165) is 44.1 Å². The van der Waals surface area contributed by atoms with Crippen LogP contribution in [0.1, 0.15) is 15.9 Å². The normalized spacial score (nSPS) is 11.1. The third kappa shape index (κ3) is 4.63. The number of benzene rings is 3. The smallest absolute Gasteiger partial charge is 0.195 e. The number of ether oxygens (including phenoxy) is 2. The van der Waals surface area contributed by atoms with Gasteiger partial charge in [0.15, 0.2) is 5.78 Å². The van der Waals surface area contributed by atoms with Crippen molar-refractivity contribution in [1.29, 1.82) is 0 Å². The predicted octanol–water partition coefficient (Wildman–Crippen LogP) is 5.75. The first kappa shape index (κ1) is 21.1. The van der Waals surface area contributed by atoms with Crippen LogP contribution >= 0.6 is 11.3 Å². The van der Waals surface area contributed by atoms with Crippen LogP contribution in [0.4, 0.5) is 0 Å². The number of ketones is 1. The van der Waals surface area contributed by atoms with Crippen LogP contribution in [0.5, 0.6) is 11.5 Å². The van der Waals surface area contributed by atoms with Gasteiger partial charge in [-0.3, -0.25) is 4.79 Å². The minimum atomic E-state index is 0.00936. The molecule has 5 heteroatoms. The van der Waals surface area contributed by atoms with Crippen LogP contribution in [0.15, 0.2) is 72.8 Å². The van der Waals surface area contributed by atoms with Crippen LogP contribution in [-0.2, 0) is 0 Å². The third-order valence-electron chi connectivity index (χ3n) is 5.08. The largest absolute Gasteiger partial charge is 0.497 e. The lowest BCUT2D eigenvalue weighted by atomic mass is 9.97. The van der Waals surface area contributed by atoms with E-state index in [9.17, 15) is 4.79 Å².